The normalized spacial score (nSPS) is 22.1. The van der Waals surface area contributed by atoms with Gasteiger partial charge in [0.05, 0.1) is 31.0 Å². The molecular weight excluding hydrogens is 431 g/mol. The minimum atomic E-state index is -3.15. The van der Waals surface area contributed by atoms with Crippen LogP contribution in [-0.2, 0) is 14.3 Å². The first-order valence-electron chi connectivity index (χ1n) is 10.5. The molecule has 3 saturated heterocycles. The standard InChI is InChI=1S/C20H24F3N5O4/c21-15-10-13(27-12-14(32-20(27)31)11-24-19(30)18(22)23)3-4-16(15)25-6-8-26-5-1-2-17(29)28(26)9-7-25/h3-4,10,14,18H,1-2,5-9,11-12H2,(H,24,30). The van der Waals surface area contributed by atoms with E-state index in [9.17, 15) is 27.6 Å². The van der Waals surface area contributed by atoms with Gasteiger partial charge in [0.2, 0.25) is 5.91 Å². The molecule has 4 rings (SSSR count). The summed E-state index contributed by atoms with van der Waals surface area (Å²) in [6, 6.07) is 4.38. The van der Waals surface area contributed by atoms with Gasteiger partial charge in [-0.1, -0.05) is 0 Å². The molecule has 1 unspecified atom stereocenters. The molecule has 0 aliphatic carbocycles. The van der Waals surface area contributed by atoms with Gasteiger partial charge < -0.3 is 15.0 Å². The number of nitrogens with one attached hydrogen (secondary N) is 1. The van der Waals surface area contributed by atoms with Crippen LogP contribution in [0.1, 0.15) is 12.8 Å². The Kier molecular flexibility index (Phi) is 6.40. The molecule has 0 saturated carbocycles. The maximum Gasteiger partial charge on any atom is 0.414 e. The number of carbonyl (C=O) groups excluding carboxylic acids is 3. The number of ether oxygens (including phenoxy) is 1. The molecule has 174 valence electrons. The van der Waals surface area contributed by atoms with Gasteiger partial charge in [-0.2, -0.15) is 8.78 Å². The molecule has 3 aliphatic heterocycles. The number of anilines is 2. The molecule has 12 heteroatoms. The van der Waals surface area contributed by atoms with Crippen molar-refractivity contribution in [1.82, 2.24) is 15.3 Å². The summed E-state index contributed by atoms with van der Waals surface area (Å²) >= 11 is 0. The quantitative estimate of drug-likeness (QED) is 0.718. The molecule has 0 aromatic heterocycles. The zero-order chi connectivity index (χ0) is 22.8. The van der Waals surface area contributed by atoms with Crippen LogP contribution >= 0.6 is 0 Å². The second-order valence-corrected chi connectivity index (χ2v) is 7.86. The molecule has 9 nitrogen and oxygen atoms in total. The van der Waals surface area contributed by atoms with Crippen molar-refractivity contribution in [3.05, 3.63) is 24.0 Å². The number of hydrazine groups is 1. The number of halogens is 3. The van der Waals surface area contributed by atoms with Gasteiger partial charge >= 0.3 is 12.5 Å². The minimum absolute atomic E-state index is 0.00309. The lowest BCUT2D eigenvalue weighted by Crippen LogP contribution is -2.50. The largest absolute Gasteiger partial charge is 0.442 e. The molecule has 1 aromatic carbocycles. The predicted octanol–water partition coefficient (Wildman–Crippen LogP) is 1.19. The Morgan fingerprint density at radius 3 is 2.69 bits per heavy atom. The van der Waals surface area contributed by atoms with E-state index >= 15 is 0 Å². The summed E-state index contributed by atoms with van der Waals surface area (Å²) in [6.07, 6.45) is -3.37. The van der Waals surface area contributed by atoms with Crippen LogP contribution in [0, 0.1) is 5.82 Å². The first kappa shape index (κ1) is 22.2. The van der Waals surface area contributed by atoms with Crippen molar-refractivity contribution in [2.24, 2.45) is 0 Å². The highest BCUT2D eigenvalue weighted by Gasteiger charge is 2.34. The maximum absolute atomic E-state index is 15.0. The Morgan fingerprint density at radius 2 is 1.94 bits per heavy atom. The molecule has 32 heavy (non-hydrogen) atoms. The zero-order valence-electron chi connectivity index (χ0n) is 17.3. The second-order valence-electron chi connectivity index (χ2n) is 7.86. The molecular formula is C20H24F3N5O4. The number of amides is 3. The predicted molar refractivity (Wildman–Crippen MR) is 108 cm³/mol. The summed E-state index contributed by atoms with van der Waals surface area (Å²) < 4.78 is 44.6. The van der Waals surface area contributed by atoms with Crippen LogP contribution < -0.4 is 15.1 Å². The SMILES string of the molecule is O=C(NCC1CN(c2ccc(N3CCN4CCCC(=O)N4CC3)c(F)c2)C(=O)O1)C(F)F. The van der Waals surface area contributed by atoms with E-state index in [1.165, 1.54) is 11.0 Å². The van der Waals surface area contributed by atoms with Gasteiger partial charge in [-0.15, -0.1) is 0 Å². The van der Waals surface area contributed by atoms with Crippen LogP contribution in [0.2, 0.25) is 0 Å². The number of nitrogens with zero attached hydrogens (tertiary/aromatic N) is 4. The first-order chi connectivity index (χ1) is 15.3. The van der Waals surface area contributed by atoms with Gasteiger partial charge in [-0.3, -0.25) is 19.5 Å². The topological polar surface area (TPSA) is 85.4 Å². The number of alkyl halides is 2. The van der Waals surface area contributed by atoms with E-state index in [-0.39, 0.29) is 24.7 Å². The van der Waals surface area contributed by atoms with Gasteiger partial charge in [0, 0.05) is 32.6 Å². The maximum atomic E-state index is 15.0. The highest BCUT2D eigenvalue weighted by Crippen LogP contribution is 2.29. The zero-order valence-corrected chi connectivity index (χ0v) is 17.3. The van der Waals surface area contributed by atoms with Crippen LogP contribution in [0.25, 0.3) is 0 Å². The minimum Gasteiger partial charge on any atom is -0.442 e. The molecule has 1 atom stereocenters. The van der Waals surface area contributed by atoms with Crippen molar-refractivity contribution < 1.29 is 32.3 Å². The van der Waals surface area contributed by atoms with E-state index < -0.39 is 30.3 Å². The van der Waals surface area contributed by atoms with Crippen molar-refractivity contribution in [2.75, 3.05) is 55.6 Å². The molecule has 1 aromatic rings. The molecule has 0 bridgehead atoms. The van der Waals surface area contributed by atoms with E-state index in [1.54, 1.807) is 17.1 Å². The molecule has 0 radical (unpaired) electrons. The number of fused-ring (bicyclic) bond motifs is 1. The van der Waals surface area contributed by atoms with Gasteiger partial charge in [-0.25, -0.2) is 14.2 Å². The third-order valence-electron chi connectivity index (χ3n) is 5.81. The highest BCUT2D eigenvalue weighted by atomic mass is 19.3. The Bertz CT molecular complexity index is 902. The smallest absolute Gasteiger partial charge is 0.414 e. The fraction of sp³-hybridized carbons (Fsp3) is 0.550. The summed E-state index contributed by atoms with van der Waals surface area (Å²) in [6.45, 7) is 2.66. The highest BCUT2D eigenvalue weighted by molar-refractivity contribution is 5.90. The lowest BCUT2D eigenvalue weighted by Gasteiger charge is -2.36. The number of benzene rings is 1. The summed E-state index contributed by atoms with van der Waals surface area (Å²) in [4.78, 5) is 38.3. The monoisotopic (exact) mass is 455 g/mol. The number of hydrogen-bond donors (Lipinski definition) is 1. The lowest BCUT2D eigenvalue weighted by atomic mass is 10.2. The number of hydrogen-bond acceptors (Lipinski definition) is 6. The molecule has 3 fully saturated rings. The van der Waals surface area contributed by atoms with Crippen LogP contribution in [0.3, 0.4) is 0 Å². The Morgan fingerprint density at radius 1 is 1.16 bits per heavy atom. The average Bonchev–Trinajstić information content (AvgIpc) is 2.99. The van der Waals surface area contributed by atoms with Gasteiger partial charge in [-0.05, 0) is 24.6 Å². The Balaban J connectivity index is 1.40. The van der Waals surface area contributed by atoms with Crippen LogP contribution in [0.5, 0.6) is 0 Å². The summed E-state index contributed by atoms with van der Waals surface area (Å²) in [5, 5.41) is 5.75. The van der Waals surface area contributed by atoms with E-state index in [1.807, 2.05) is 15.2 Å². The molecule has 3 aliphatic rings. The fourth-order valence-electron chi connectivity index (χ4n) is 4.17. The van der Waals surface area contributed by atoms with Gasteiger partial charge in [0.1, 0.15) is 11.9 Å². The summed E-state index contributed by atoms with van der Waals surface area (Å²) in [5.74, 6) is -1.88. The second kappa shape index (κ2) is 9.23. The van der Waals surface area contributed by atoms with Crippen molar-refractivity contribution in [1.29, 1.82) is 0 Å². The number of carbonyl (C=O) groups is 3. The Labute approximate surface area is 182 Å². The van der Waals surface area contributed by atoms with Crippen LogP contribution in [0.15, 0.2) is 18.2 Å². The van der Waals surface area contributed by atoms with Crippen molar-refractivity contribution in [3.63, 3.8) is 0 Å². The molecule has 3 heterocycles. The van der Waals surface area contributed by atoms with Crippen molar-refractivity contribution in [3.8, 4) is 0 Å². The molecule has 1 N–H and O–H groups in total. The van der Waals surface area contributed by atoms with Crippen molar-refractivity contribution in [2.45, 2.75) is 25.4 Å². The van der Waals surface area contributed by atoms with E-state index in [0.717, 1.165) is 13.0 Å². The van der Waals surface area contributed by atoms with Crippen LogP contribution in [0.4, 0.5) is 29.3 Å². The van der Waals surface area contributed by atoms with Gasteiger partial charge in [0.15, 0.2) is 0 Å². The Hall–Kier alpha value is -3.02. The van der Waals surface area contributed by atoms with Crippen molar-refractivity contribution >= 4 is 29.3 Å². The fourth-order valence-corrected chi connectivity index (χ4v) is 4.17. The van der Waals surface area contributed by atoms with E-state index in [0.29, 0.717) is 38.3 Å². The average molecular weight is 455 g/mol. The molecule has 0 spiro atoms. The van der Waals surface area contributed by atoms with E-state index in [4.69, 9.17) is 4.74 Å². The molecule has 3 amide bonds. The third-order valence-corrected chi connectivity index (χ3v) is 5.81. The number of rotatable bonds is 5. The number of cyclic esters (lactones) is 1. The summed E-state index contributed by atoms with van der Waals surface area (Å²) in [7, 11) is 0. The summed E-state index contributed by atoms with van der Waals surface area (Å²) in [5.41, 5.74) is 0.640. The van der Waals surface area contributed by atoms with E-state index in [2.05, 4.69) is 0 Å². The lowest BCUT2D eigenvalue weighted by molar-refractivity contribution is -0.153. The van der Waals surface area contributed by atoms with Gasteiger partial charge in [0.25, 0.3) is 5.91 Å². The van der Waals surface area contributed by atoms with Crippen LogP contribution in [-0.4, -0.2) is 86.3 Å². The first-order valence-corrected chi connectivity index (χ1v) is 10.5. The third kappa shape index (κ3) is 4.59.